The van der Waals surface area contributed by atoms with Crippen molar-refractivity contribution in [3.63, 3.8) is 0 Å². The quantitative estimate of drug-likeness (QED) is 0.417. The number of likely N-dealkylation sites (tertiary alicyclic amines) is 1. The molecule has 0 saturated carbocycles. The van der Waals surface area contributed by atoms with Crippen LogP contribution in [-0.4, -0.2) is 41.7 Å². The summed E-state index contributed by atoms with van der Waals surface area (Å²) in [5.41, 5.74) is 1.31. The van der Waals surface area contributed by atoms with Crippen molar-refractivity contribution in [3.8, 4) is 11.5 Å². The van der Waals surface area contributed by atoms with E-state index in [4.69, 9.17) is 9.47 Å². The van der Waals surface area contributed by atoms with E-state index in [0.717, 1.165) is 30.6 Å². The highest BCUT2D eigenvalue weighted by atomic mass is 32.2. The molecule has 2 aromatic rings. The van der Waals surface area contributed by atoms with Gasteiger partial charge in [0.2, 0.25) is 0 Å². The Morgan fingerprint density at radius 2 is 1.93 bits per heavy atom. The van der Waals surface area contributed by atoms with Crippen LogP contribution in [0.3, 0.4) is 0 Å². The number of nitrogens with zero attached hydrogens (tertiary/aromatic N) is 2. The van der Waals surface area contributed by atoms with Crippen LogP contribution >= 0.6 is 11.8 Å². The average molecular weight is 414 g/mol. The van der Waals surface area contributed by atoms with E-state index in [9.17, 15) is 14.9 Å². The molecule has 0 bridgehead atoms. The Kier molecular flexibility index (Phi) is 5.62. The van der Waals surface area contributed by atoms with Crippen LogP contribution in [0.1, 0.15) is 41.2 Å². The van der Waals surface area contributed by atoms with E-state index in [1.165, 1.54) is 17.8 Å². The van der Waals surface area contributed by atoms with Crippen molar-refractivity contribution in [3.05, 3.63) is 57.6 Å². The van der Waals surface area contributed by atoms with Crippen LogP contribution in [0.25, 0.3) is 0 Å². The number of carbonyl (C=O) groups is 1. The van der Waals surface area contributed by atoms with Crippen LogP contribution in [-0.2, 0) is 0 Å². The lowest BCUT2D eigenvalue weighted by Crippen LogP contribution is -2.30. The number of nitro benzene ring substituents is 1. The second-order valence-corrected chi connectivity index (χ2v) is 7.91. The van der Waals surface area contributed by atoms with Gasteiger partial charge in [0.15, 0.2) is 11.5 Å². The minimum atomic E-state index is -0.437. The molecule has 0 unspecified atom stereocenters. The highest BCUT2D eigenvalue weighted by molar-refractivity contribution is 7.98. The van der Waals surface area contributed by atoms with Gasteiger partial charge in [0.05, 0.1) is 29.1 Å². The van der Waals surface area contributed by atoms with Gasteiger partial charge in [0, 0.05) is 24.6 Å². The summed E-state index contributed by atoms with van der Waals surface area (Å²) >= 11 is 1.30. The van der Waals surface area contributed by atoms with Gasteiger partial charge in [-0.15, -0.1) is 11.8 Å². The number of carbonyl (C=O) groups excluding carboxylic acids is 1. The smallest absolute Gasteiger partial charge is 0.283 e. The van der Waals surface area contributed by atoms with E-state index < -0.39 is 4.92 Å². The molecule has 1 amide bonds. The number of ether oxygens (including phenoxy) is 2. The van der Waals surface area contributed by atoms with Gasteiger partial charge in [-0.2, -0.15) is 0 Å². The Morgan fingerprint density at radius 1 is 1.14 bits per heavy atom. The zero-order valence-corrected chi connectivity index (χ0v) is 16.9. The van der Waals surface area contributed by atoms with Gasteiger partial charge in [-0.3, -0.25) is 14.9 Å². The molecule has 1 saturated heterocycles. The molecule has 0 spiro atoms. The summed E-state index contributed by atoms with van der Waals surface area (Å²) in [6.07, 6.45) is 4.35. The van der Waals surface area contributed by atoms with E-state index in [0.29, 0.717) is 36.0 Å². The molecule has 0 aromatic heterocycles. The van der Waals surface area contributed by atoms with Crippen LogP contribution in [0.4, 0.5) is 5.69 Å². The van der Waals surface area contributed by atoms with E-state index in [-0.39, 0.29) is 17.6 Å². The number of amides is 1. The van der Waals surface area contributed by atoms with Crippen LogP contribution in [0.5, 0.6) is 11.5 Å². The molecule has 0 radical (unpaired) electrons. The third-order valence-corrected chi connectivity index (χ3v) is 6.08. The van der Waals surface area contributed by atoms with E-state index in [1.54, 1.807) is 23.3 Å². The zero-order valence-electron chi connectivity index (χ0n) is 16.1. The number of rotatable bonds is 4. The summed E-state index contributed by atoms with van der Waals surface area (Å²) in [6, 6.07) is 10.4. The second kappa shape index (κ2) is 8.32. The molecule has 2 heterocycles. The van der Waals surface area contributed by atoms with Crippen molar-refractivity contribution in [2.45, 2.75) is 30.2 Å². The van der Waals surface area contributed by atoms with Crippen molar-refractivity contribution in [1.29, 1.82) is 0 Å². The third kappa shape index (κ3) is 3.89. The summed E-state index contributed by atoms with van der Waals surface area (Å²) in [5, 5.41) is 11.4. The van der Waals surface area contributed by atoms with Gasteiger partial charge in [-0.25, -0.2) is 0 Å². The summed E-state index contributed by atoms with van der Waals surface area (Å²) in [6.45, 7) is 1.86. The lowest BCUT2D eigenvalue weighted by atomic mass is 10.0. The second-order valence-electron chi connectivity index (χ2n) is 7.06. The standard InChI is InChI=1S/C21H22N2O5S/c1-29-20-8-6-15(12-17(20)23(25)26)21(24)22-9-2-4-16(22)14-5-7-18-19(13-14)28-11-3-10-27-18/h5-8,12-13,16H,2-4,9-11H2,1H3/t16-/m1/s1. The fourth-order valence-electron chi connectivity index (χ4n) is 3.88. The monoisotopic (exact) mass is 414 g/mol. The molecule has 2 aromatic carbocycles. The molecule has 4 rings (SSSR count). The third-order valence-electron chi connectivity index (χ3n) is 5.29. The number of thioether (sulfide) groups is 1. The number of nitro groups is 1. The fraction of sp³-hybridized carbons (Fsp3) is 0.381. The first-order valence-corrected chi connectivity index (χ1v) is 10.8. The first-order valence-electron chi connectivity index (χ1n) is 9.61. The topological polar surface area (TPSA) is 81.9 Å². The van der Waals surface area contributed by atoms with Crippen molar-refractivity contribution in [2.75, 3.05) is 26.0 Å². The predicted molar refractivity (Wildman–Crippen MR) is 110 cm³/mol. The Labute approximate surface area is 173 Å². The molecule has 1 atom stereocenters. The fourth-order valence-corrected chi connectivity index (χ4v) is 4.42. The minimum Gasteiger partial charge on any atom is -0.490 e. The zero-order chi connectivity index (χ0) is 20.4. The molecule has 0 N–H and O–H groups in total. The molecule has 1 fully saturated rings. The van der Waals surface area contributed by atoms with E-state index in [2.05, 4.69) is 0 Å². The van der Waals surface area contributed by atoms with Crippen LogP contribution in [0, 0.1) is 10.1 Å². The number of hydrogen-bond donors (Lipinski definition) is 0. The maximum Gasteiger partial charge on any atom is 0.283 e. The van der Waals surface area contributed by atoms with Crippen LogP contribution in [0.2, 0.25) is 0 Å². The predicted octanol–water partition coefficient (Wildman–Crippen LogP) is 4.46. The lowest BCUT2D eigenvalue weighted by molar-refractivity contribution is -0.387. The van der Waals surface area contributed by atoms with Gasteiger partial charge in [0.1, 0.15) is 0 Å². The van der Waals surface area contributed by atoms with Gasteiger partial charge < -0.3 is 14.4 Å². The van der Waals surface area contributed by atoms with Gasteiger partial charge in [-0.1, -0.05) is 6.07 Å². The Bertz CT molecular complexity index is 949. The van der Waals surface area contributed by atoms with E-state index in [1.807, 2.05) is 18.2 Å². The lowest BCUT2D eigenvalue weighted by Gasteiger charge is -2.26. The normalized spacial score (nSPS) is 18.4. The summed E-state index contributed by atoms with van der Waals surface area (Å²) < 4.78 is 11.5. The van der Waals surface area contributed by atoms with Crippen molar-refractivity contribution in [1.82, 2.24) is 4.90 Å². The van der Waals surface area contributed by atoms with Crippen molar-refractivity contribution in [2.24, 2.45) is 0 Å². The Balaban J connectivity index is 1.62. The molecule has 29 heavy (non-hydrogen) atoms. The molecule has 2 aliphatic heterocycles. The average Bonchev–Trinajstić information content (AvgIpc) is 3.11. The summed E-state index contributed by atoms with van der Waals surface area (Å²) in [4.78, 5) is 26.5. The molecule has 0 aliphatic carbocycles. The number of hydrogen-bond acceptors (Lipinski definition) is 6. The maximum atomic E-state index is 13.2. The van der Waals surface area contributed by atoms with Gasteiger partial charge in [-0.05, 0) is 48.9 Å². The molecule has 8 heteroatoms. The highest BCUT2D eigenvalue weighted by Crippen LogP contribution is 2.39. The van der Waals surface area contributed by atoms with Crippen molar-refractivity contribution < 1.29 is 19.2 Å². The molecular formula is C21H22N2O5S. The molecule has 152 valence electrons. The maximum absolute atomic E-state index is 13.2. The van der Waals surface area contributed by atoms with Crippen molar-refractivity contribution >= 4 is 23.4 Å². The summed E-state index contributed by atoms with van der Waals surface area (Å²) in [7, 11) is 0. The highest BCUT2D eigenvalue weighted by Gasteiger charge is 2.32. The Hall–Kier alpha value is -2.74. The summed E-state index contributed by atoms with van der Waals surface area (Å²) in [5.74, 6) is 1.25. The van der Waals surface area contributed by atoms with Crippen LogP contribution < -0.4 is 9.47 Å². The van der Waals surface area contributed by atoms with Crippen LogP contribution in [0.15, 0.2) is 41.3 Å². The van der Waals surface area contributed by atoms with Gasteiger partial charge in [0.25, 0.3) is 11.6 Å². The first-order chi connectivity index (χ1) is 14.1. The minimum absolute atomic E-state index is 0.0327. The largest absolute Gasteiger partial charge is 0.490 e. The SMILES string of the molecule is CSc1ccc(C(=O)N2CCC[C@@H]2c2ccc3c(c2)OCCCO3)cc1[N+](=O)[O-]. The van der Waals surface area contributed by atoms with E-state index >= 15 is 0 Å². The number of benzene rings is 2. The first kappa shape index (κ1) is 19.6. The van der Waals surface area contributed by atoms with Gasteiger partial charge >= 0.3 is 0 Å². The molecule has 7 nitrogen and oxygen atoms in total. The number of fused-ring (bicyclic) bond motifs is 1. The molecular weight excluding hydrogens is 392 g/mol. The Morgan fingerprint density at radius 3 is 2.69 bits per heavy atom. The molecule has 2 aliphatic rings.